The second-order valence-corrected chi connectivity index (χ2v) is 26.8. The third-order valence-electron chi connectivity index (χ3n) is 15.4. The van der Waals surface area contributed by atoms with Crippen molar-refractivity contribution >= 4 is 51.3 Å². The van der Waals surface area contributed by atoms with Gasteiger partial charge < -0.3 is 4.74 Å². The van der Waals surface area contributed by atoms with Crippen LogP contribution in [0.2, 0.25) is 13.1 Å². The Labute approximate surface area is 540 Å². The molecule has 0 atom stereocenters. The van der Waals surface area contributed by atoms with Crippen molar-refractivity contribution in [1.82, 2.24) is 14.1 Å². The maximum Gasteiger partial charge on any atom is 0.269 e. The zero-order valence-corrected chi connectivity index (χ0v) is 46.1. The summed E-state index contributed by atoms with van der Waals surface area (Å²) in [6.07, 6.45) is -14.4. The van der Waals surface area contributed by atoms with Crippen LogP contribution in [0, 0.1) is 6.33 Å². The molecule has 6 heteroatoms. The van der Waals surface area contributed by atoms with E-state index in [-0.39, 0.29) is 27.9 Å². The highest BCUT2D eigenvalue weighted by molar-refractivity contribution is 7.01. The minimum Gasteiger partial charge on any atom is -0.458 e. The van der Waals surface area contributed by atoms with Gasteiger partial charge >= 0.3 is 0 Å². The Bertz CT molecular complexity index is 5780. The van der Waals surface area contributed by atoms with E-state index in [4.69, 9.17) is 42.6 Å². The van der Waals surface area contributed by atoms with Gasteiger partial charge in [0.2, 0.25) is 0 Å². The number of imidazole rings is 1. The summed E-state index contributed by atoms with van der Waals surface area (Å²) in [7, 11) is -2.53. The molecule has 2 aliphatic carbocycles. The molecule has 3 heterocycles. The molecule has 82 heavy (non-hydrogen) atoms. The van der Waals surface area contributed by atoms with E-state index in [0.29, 0.717) is 17.1 Å². The molecule has 8 aromatic carbocycles. The Kier molecular flexibility index (Phi) is 6.01. The lowest BCUT2D eigenvalue weighted by molar-refractivity contribution is -0.571. The molecule has 0 saturated carbocycles. The Balaban J connectivity index is 1.17. The van der Waals surface area contributed by atoms with Crippen LogP contribution in [0.25, 0.3) is 72.3 Å². The van der Waals surface area contributed by atoms with E-state index >= 15 is 0 Å². The first-order chi connectivity index (χ1) is 54.6. The first-order valence-electron chi connectivity index (χ1n) is 45.4. The number of fused-ring (bicyclic) bond motifs is 6. The van der Waals surface area contributed by atoms with Gasteiger partial charge in [-0.05, 0) is 150 Å². The van der Waals surface area contributed by atoms with Crippen LogP contribution in [-0.2, 0) is 27.1 Å². The van der Waals surface area contributed by atoms with Crippen LogP contribution in [0.4, 0.5) is 0 Å². The summed E-state index contributed by atoms with van der Waals surface area (Å²) in [4.78, 5) is 4.98. The summed E-state index contributed by atoms with van der Waals surface area (Å²) < 4.78 is 365. The van der Waals surface area contributed by atoms with Crippen molar-refractivity contribution in [3.05, 3.63) is 222 Å². The maximum atomic E-state index is 10.4. The van der Waals surface area contributed by atoms with Crippen molar-refractivity contribution in [3.63, 3.8) is 0 Å². The lowest BCUT2D eigenvalue weighted by Gasteiger charge is -2.42. The average Bonchev–Trinajstić information content (AvgIpc) is 0.698. The van der Waals surface area contributed by atoms with Crippen LogP contribution in [-0.4, -0.2) is 22.2 Å². The molecule has 5 nitrogen and oxygen atoms in total. The first-order valence-corrected chi connectivity index (χ1v) is 29.4. The number of para-hydroxylation sites is 4. The van der Waals surface area contributed by atoms with E-state index in [1.807, 2.05) is 54.6 Å². The number of benzene rings is 8. The Morgan fingerprint density at radius 1 is 0.598 bits per heavy atom. The van der Waals surface area contributed by atoms with Crippen molar-refractivity contribution in [3.8, 4) is 50.9 Å². The Hall–Kier alpha value is -7.80. The Morgan fingerprint density at radius 3 is 1.84 bits per heavy atom. The molecule has 412 valence electrons. The fourth-order valence-electron chi connectivity index (χ4n) is 11.1. The van der Waals surface area contributed by atoms with Gasteiger partial charge in [-0.3, -0.25) is 13.7 Å². The topological polar surface area (TPSA) is 35.9 Å². The SMILES string of the molecule is [2H]c1c([2H])c2c(c([2H])c1-c1cccc(-c3c([2H])c([2H])c4c(c3[2H])C(C([2H])([2H])[2H])(C([2H])([2H])[2H])C([2H])([2H])C([2H])([2H])C4(C([2H])([2H])[2H])C([2H])([2H])[2H])c1-[n+]1[c-]n(-c3cccc(Oc4ccc5c6cccc([Si](C)(C)c7ccccc7)c6n(-c6cc(C(C)(C)C)ccn6)c5c4)c3)c3ccccc31)C(C([2H])([2H])[2H])(C([2H])([2H])[2H])C([2H])([2H])C([2H])([2H])C2(C([2H])([2H])[2H])C([2H])([2H])[2H]. The lowest BCUT2D eigenvalue weighted by Crippen LogP contribution is -2.53. The normalized spacial score (nSPS) is 26.8. The molecule has 0 bridgehead atoms. The van der Waals surface area contributed by atoms with Gasteiger partial charge in [0.05, 0.1) is 41.7 Å². The molecular formula is C76H78N4OSi. The van der Waals surface area contributed by atoms with E-state index in [9.17, 15) is 19.2 Å². The third-order valence-corrected chi connectivity index (χ3v) is 19.0. The minimum absolute atomic E-state index is 0.0514. The van der Waals surface area contributed by atoms with Crippen molar-refractivity contribution < 1.29 is 61.4 Å². The molecule has 0 radical (unpaired) electrons. The highest BCUT2D eigenvalue weighted by atomic mass is 28.3. The van der Waals surface area contributed by atoms with Gasteiger partial charge in [0.25, 0.3) is 6.33 Å². The van der Waals surface area contributed by atoms with Gasteiger partial charge in [-0.2, -0.15) is 0 Å². The molecule has 13 rings (SSSR count). The van der Waals surface area contributed by atoms with Gasteiger partial charge in [0.1, 0.15) is 25.4 Å². The minimum atomic E-state index is -4.85. The molecule has 0 amide bonds. The van der Waals surface area contributed by atoms with Crippen molar-refractivity contribution in [2.75, 3.05) is 0 Å². The summed E-state index contributed by atoms with van der Waals surface area (Å²) >= 11 is 0. The number of rotatable bonds is 9. The predicted octanol–water partition coefficient (Wildman–Crippen LogP) is 18.1. The van der Waals surface area contributed by atoms with Gasteiger partial charge in [-0.1, -0.05) is 227 Å². The maximum absolute atomic E-state index is 10.4. The van der Waals surface area contributed by atoms with Crippen LogP contribution in [0.15, 0.2) is 188 Å². The average molecular weight is 1130 g/mol. The number of pyridine rings is 1. The number of ether oxygens (including phenoxy) is 1. The molecule has 0 unspecified atom stereocenters. The smallest absolute Gasteiger partial charge is 0.269 e. The number of hydrogen-bond donors (Lipinski definition) is 0. The van der Waals surface area contributed by atoms with Crippen LogP contribution < -0.4 is 19.7 Å². The Morgan fingerprint density at radius 2 is 1.20 bits per heavy atom. The van der Waals surface area contributed by atoms with Crippen LogP contribution in [0.1, 0.15) is 181 Å². The second-order valence-electron chi connectivity index (χ2n) is 22.4. The van der Waals surface area contributed by atoms with E-state index in [1.54, 1.807) is 24.4 Å². The summed E-state index contributed by atoms with van der Waals surface area (Å²) in [5, 5.41) is 4.04. The van der Waals surface area contributed by atoms with Crippen LogP contribution in [0.5, 0.6) is 11.5 Å². The summed E-state index contributed by atoms with van der Waals surface area (Å²) in [5.74, 6) is 1.03. The second kappa shape index (κ2) is 19.1. The lowest BCUT2D eigenvalue weighted by atomic mass is 9.62. The molecule has 2 aliphatic rings. The van der Waals surface area contributed by atoms with Gasteiger partial charge in [-0.15, -0.1) is 0 Å². The van der Waals surface area contributed by atoms with Crippen molar-refractivity contribution in [1.29, 1.82) is 0 Å². The van der Waals surface area contributed by atoms with Gasteiger partial charge in [-0.25, -0.2) is 4.98 Å². The van der Waals surface area contributed by atoms with E-state index < -0.39 is 196 Å². The highest BCUT2D eigenvalue weighted by Gasteiger charge is 2.39. The van der Waals surface area contributed by atoms with E-state index in [1.165, 1.54) is 46.2 Å². The van der Waals surface area contributed by atoms with Crippen LogP contribution in [0.3, 0.4) is 0 Å². The highest BCUT2D eigenvalue weighted by Crippen LogP contribution is 2.50. The van der Waals surface area contributed by atoms with Gasteiger partial charge in [0, 0.05) is 66.9 Å². The number of aromatic nitrogens is 4. The number of nitrogens with zero attached hydrogens (tertiary/aromatic N) is 4. The zero-order chi connectivity index (χ0) is 89.7. The molecule has 0 saturated heterocycles. The van der Waals surface area contributed by atoms with Crippen molar-refractivity contribution in [2.45, 2.75) is 141 Å². The first kappa shape index (κ1) is 25.8. The van der Waals surface area contributed by atoms with Crippen molar-refractivity contribution in [2.24, 2.45) is 0 Å². The molecule has 0 spiro atoms. The zero-order valence-electron chi connectivity index (χ0n) is 83.1. The third kappa shape index (κ3) is 8.95. The molecule has 3 aromatic heterocycles. The largest absolute Gasteiger partial charge is 0.458 e. The predicted molar refractivity (Wildman–Crippen MR) is 346 cm³/mol. The quantitative estimate of drug-likeness (QED) is 0.0820. The van der Waals surface area contributed by atoms with Crippen LogP contribution >= 0.6 is 0 Å². The standard InChI is InChI=1S/C76H78N4OSi/c1-72(2,3)52-38-43-77-69(46-52)80-67-48-55(34-35-59(67)60-28-21-31-68(71(60)80)82(12,13)56-24-15-14-16-25-56)81-54-23-19-22-53(47-54)78-49-79(66-30-18-17-29-65(66)78)70-57(50-32-36-61-63(44-50)75(8,9)41-39-73(61,4)5)26-20-27-58(70)51-33-37-62-64(45-51)76(10,11)42-40-74(62,6)7/h14-38,43-48H,39-42H2,1-13H3/i4D3,5D3,6D3,7D3,8D3,9D3,10D3,11D3,32D,33D,36D,37D,39D2,40D2,41D2,42D2,44D,45D. The van der Waals surface area contributed by atoms with E-state index in [2.05, 4.69) is 63.0 Å². The molecule has 0 fully saturated rings. The summed E-state index contributed by atoms with van der Waals surface area (Å²) in [6, 6.07) is 30.2. The fraction of sp³-hybridized carbons (Fsp3) is 0.289. The van der Waals surface area contributed by atoms with Gasteiger partial charge in [0.15, 0.2) is 0 Å². The summed E-state index contributed by atoms with van der Waals surface area (Å²) in [5.41, 5.74) is -29.3. The monoisotopic (exact) mass is 1130 g/mol. The summed E-state index contributed by atoms with van der Waals surface area (Å²) in [6.45, 7) is -25.6. The molecular weight excluding hydrogens is 1010 g/mol. The molecule has 11 aromatic rings. The number of hydrogen-bond acceptors (Lipinski definition) is 2. The van der Waals surface area contributed by atoms with E-state index in [0.717, 1.165) is 49.8 Å². The molecule has 0 aliphatic heterocycles. The molecule has 0 N–H and O–H groups in total. The fourth-order valence-corrected chi connectivity index (χ4v) is 13.8.